The molecule has 1 rings (SSSR count). The van der Waals surface area contributed by atoms with E-state index < -0.39 is 0 Å². The Morgan fingerprint density at radius 3 is 2.46 bits per heavy atom. The SMILES string of the molecule is CCNC(=NCCN(CC)C(C)C)NCCOc1ccccc1.I. The molecule has 0 fully saturated rings. The van der Waals surface area contributed by atoms with Crippen LogP contribution in [0.5, 0.6) is 5.75 Å². The molecule has 1 aromatic carbocycles. The molecule has 5 nitrogen and oxygen atoms in total. The van der Waals surface area contributed by atoms with E-state index in [9.17, 15) is 0 Å². The molecule has 6 heteroatoms. The number of hydrogen-bond acceptors (Lipinski definition) is 3. The molecule has 0 amide bonds. The zero-order valence-electron chi connectivity index (χ0n) is 15.4. The third kappa shape index (κ3) is 9.97. The summed E-state index contributed by atoms with van der Waals surface area (Å²) in [7, 11) is 0. The second-order valence-corrected chi connectivity index (χ2v) is 5.57. The largest absolute Gasteiger partial charge is 0.492 e. The molecule has 0 aliphatic heterocycles. The van der Waals surface area contributed by atoms with E-state index in [0.717, 1.165) is 44.4 Å². The Labute approximate surface area is 164 Å². The van der Waals surface area contributed by atoms with Gasteiger partial charge in [0.2, 0.25) is 0 Å². The number of benzene rings is 1. The maximum Gasteiger partial charge on any atom is 0.191 e. The number of halogens is 1. The minimum Gasteiger partial charge on any atom is -0.492 e. The Morgan fingerprint density at radius 2 is 1.88 bits per heavy atom. The van der Waals surface area contributed by atoms with E-state index in [1.165, 1.54) is 0 Å². The van der Waals surface area contributed by atoms with Gasteiger partial charge in [0.05, 0.1) is 13.1 Å². The normalized spacial score (nSPS) is 11.3. The van der Waals surface area contributed by atoms with Crippen LogP contribution in [-0.2, 0) is 0 Å². The standard InChI is InChI=1S/C18H32N4O.HI/c1-5-19-18(20-12-14-22(6-2)16(3)4)21-13-15-23-17-10-8-7-9-11-17;/h7-11,16H,5-6,12-15H2,1-4H3,(H2,19,20,21);1H. The first-order valence-electron chi connectivity index (χ1n) is 8.61. The van der Waals surface area contributed by atoms with E-state index in [1.807, 2.05) is 30.3 Å². The van der Waals surface area contributed by atoms with Crippen molar-refractivity contribution in [1.82, 2.24) is 15.5 Å². The van der Waals surface area contributed by atoms with Crippen LogP contribution in [0.3, 0.4) is 0 Å². The van der Waals surface area contributed by atoms with Crippen molar-refractivity contribution in [2.75, 3.05) is 39.3 Å². The van der Waals surface area contributed by atoms with Gasteiger partial charge in [-0.25, -0.2) is 0 Å². The number of hydrogen-bond donors (Lipinski definition) is 2. The summed E-state index contributed by atoms with van der Waals surface area (Å²) in [5, 5.41) is 6.57. The molecule has 2 N–H and O–H groups in total. The average Bonchev–Trinajstić information content (AvgIpc) is 2.56. The highest BCUT2D eigenvalue weighted by molar-refractivity contribution is 14.0. The minimum atomic E-state index is 0. The van der Waals surface area contributed by atoms with E-state index in [4.69, 9.17) is 4.74 Å². The quantitative estimate of drug-likeness (QED) is 0.250. The molecule has 0 unspecified atom stereocenters. The lowest BCUT2D eigenvalue weighted by atomic mass is 10.3. The highest BCUT2D eigenvalue weighted by Gasteiger charge is 2.05. The third-order valence-corrected chi connectivity index (χ3v) is 3.54. The number of likely N-dealkylation sites (N-methyl/N-ethyl adjacent to an activating group) is 1. The fourth-order valence-electron chi connectivity index (χ4n) is 2.27. The Morgan fingerprint density at radius 1 is 1.17 bits per heavy atom. The van der Waals surface area contributed by atoms with Crippen molar-refractivity contribution in [2.45, 2.75) is 33.7 Å². The van der Waals surface area contributed by atoms with Crippen molar-refractivity contribution in [1.29, 1.82) is 0 Å². The molecule has 0 saturated carbocycles. The van der Waals surface area contributed by atoms with Gasteiger partial charge in [-0.15, -0.1) is 24.0 Å². The minimum absolute atomic E-state index is 0. The highest BCUT2D eigenvalue weighted by atomic mass is 127. The number of nitrogens with zero attached hydrogens (tertiary/aromatic N) is 2. The Bertz CT molecular complexity index is 440. The number of aliphatic imine (C=N–C) groups is 1. The van der Waals surface area contributed by atoms with Gasteiger partial charge in [0, 0.05) is 19.1 Å². The van der Waals surface area contributed by atoms with Crippen LogP contribution in [0.1, 0.15) is 27.7 Å². The van der Waals surface area contributed by atoms with E-state index in [1.54, 1.807) is 0 Å². The molecule has 0 radical (unpaired) electrons. The van der Waals surface area contributed by atoms with Gasteiger partial charge in [-0.1, -0.05) is 25.1 Å². The molecule has 0 aliphatic rings. The van der Waals surface area contributed by atoms with E-state index in [2.05, 4.69) is 48.2 Å². The molecule has 0 aliphatic carbocycles. The smallest absolute Gasteiger partial charge is 0.191 e. The average molecular weight is 448 g/mol. The molecule has 0 atom stereocenters. The van der Waals surface area contributed by atoms with Gasteiger partial charge in [0.15, 0.2) is 5.96 Å². The maximum absolute atomic E-state index is 5.67. The fraction of sp³-hybridized carbons (Fsp3) is 0.611. The molecule has 0 bridgehead atoms. The van der Waals surface area contributed by atoms with Gasteiger partial charge in [0.25, 0.3) is 0 Å². The van der Waals surface area contributed by atoms with Crippen molar-refractivity contribution < 1.29 is 4.74 Å². The second kappa shape index (κ2) is 14.3. The molecule has 24 heavy (non-hydrogen) atoms. The number of rotatable bonds is 10. The summed E-state index contributed by atoms with van der Waals surface area (Å²) in [6.45, 7) is 13.7. The molecule has 0 aromatic heterocycles. The summed E-state index contributed by atoms with van der Waals surface area (Å²) in [6, 6.07) is 10.4. The summed E-state index contributed by atoms with van der Waals surface area (Å²) in [6.07, 6.45) is 0. The highest BCUT2D eigenvalue weighted by Crippen LogP contribution is 2.07. The molecule has 0 spiro atoms. The van der Waals surface area contributed by atoms with Gasteiger partial charge in [0.1, 0.15) is 12.4 Å². The zero-order chi connectivity index (χ0) is 16.9. The van der Waals surface area contributed by atoms with Crippen molar-refractivity contribution >= 4 is 29.9 Å². The molecule has 1 aromatic rings. The number of ether oxygens (including phenoxy) is 1. The first-order valence-corrected chi connectivity index (χ1v) is 8.61. The summed E-state index contributed by atoms with van der Waals surface area (Å²) in [4.78, 5) is 7.03. The van der Waals surface area contributed by atoms with Crippen LogP contribution in [-0.4, -0.2) is 56.2 Å². The van der Waals surface area contributed by atoms with E-state index >= 15 is 0 Å². The van der Waals surface area contributed by atoms with Crippen LogP contribution >= 0.6 is 24.0 Å². The van der Waals surface area contributed by atoms with Gasteiger partial charge in [-0.05, 0) is 39.4 Å². The lowest BCUT2D eigenvalue weighted by molar-refractivity contribution is 0.240. The summed E-state index contributed by atoms with van der Waals surface area (Å²) in [5.41, 5.74) is 0. The van der Waals surface area contributed by atoms with Crippen molar-refractivity contribution in [3.63, 3.8) is 0 Å². The monoisotopic (exact) mass is 448 g/mol. The number of guanidine groups is 1. The van der Waals surface area contributed by atoms with Crippen LogP contribution in [0.15, 0.2) is 35.3 Å². The van der Waals surface area contributed by atoms with Gasteiger partial charge in [-0.3, -0.25) is 9.89 Å². The second-order valence-electron chi connectivity index (χ2n) is 5.57. The number of nitrogens with one attached hydrogen (secondary N) is 2. The Kier molecular flexibility index (Phi) is 13.7. The Hall–Kier alpha value is -1.02. The van der Waals surface area contributed by atoms with Gasteiger partial charge in [-0.2, -0.15) is 0 Å². The van der Waals surface area contributed by atoms with Crippen LogP contribution in [0, 0.1) is 0 Å². The lowest BCUT2D eigenvalue weighted by Gasteiger charge is -2.23. The molecule has 0 heterocycles. The first-order chi connectivity index (χ1) is 11.2. The molecular weight excluding hydrogens is 415 g/mol. The summed E-state index contributed by atoms with van der Waals surface area (Å²) < 4.78 is 5.67. The molecule has 138 valence electrons. The third-order valence-electron chi connectivity index (χ3n) is 3.54. The first kappa shape index (κ1) is 23.0. The predicted molar refractivity (Wildman–Crippen MR) is 114 cm³/mol. The van der Waals surface area contributed by atoms with Crippen LogP contribution < -0.4 is 15.4 Å². The number of para-hydroxylation sites is 1. The fourth-order valence-corrected chi connectivity index (χ4v) is 2.27. The van der Waals surface area contributed by atoms with Crippen LogP contribution in [0.2, 0.25) is 0 Å². The van der Waals surface area contributed by atoms with Crippen molar-refractivity contribution in [3.05, 3.63) is 30.3 Å². The Balaban J connectivity index is 0.00000529. The summed E-state index contributed by atoms with van der Waals surface area (Å²) in [5.74, 6) is 1.75. The predicted octanol–water partition coefficient (Wildman–Crippen LogP) is 2.97. The maximum atomic E-state index is 5.67. The molecular formula is C18H33IN4O. The van der Waals surface area contributed by atoms with Crippen LogP contribution in [0.4, 0.5) is 0 Å². The van der Waals surface area contributed by atoms with Crippen molar-refractivity contribution in [2.24, 2.45) is 4.99 Å². The van der Waals surface area contributed by atoms with E-state index in [-0.39, 0.29) is 24.0 Å². The summed E-state index contributed by atoms with van der Waals surface area (Å²) >= 11 is 0. The topological polar surface area (TPSA) is 48.9 Å². The zero-order valence-corrected chi connectivity index (χ0v) is 17.7. The van der Waals surface area contributed by atoms with E-state index in [0.29, 0.717) is 12.6 Å². The molecule has 0 saturated heterocycles. The van der Waals surface area contributed by atoms with Gasteiger partial charge < -0.3 is 15.4 Å². The van der Waals surface area contributed by atoms with Crippen LogP contribution in [0.25, 0.3) is 0 Å². The lowest BCUT2D eigenvalue weighted by Crippen LogP contribution is -2.40. The van der Waals surface area contributed by atoms with Gasteiger partial charge >= 0.3 is 0 Å². The van der Waals surface area contributed by atoms with Crippen molar-refractivity contribution in [3.8, 4) is 5.75 Å².